The van der Waals surface area contributed by atoms with Gasteiger partial charge < -0.3 is 5.32 Å². The lowest BCUT2D eigenvalue weighted by Gasteiger charge is -2.26. The second-order valence-corrected chi connectivity index (χ2v) is 6.02. The molecule has 0 aromatic heterocycles. The zero-order chi connectivity index (χ0) is 12.5. The summed E-state index contributed by atoms with van der Waals surface area (Å²) in [4.78, 5) is -0.355. The van der Waals surface area contributed by atoms with Crippen molar-refractivity contribution >= 4 is 21.6 Å². The molecule has 1 saturated heterocycles. The normalized spacial score (nSPS) is 18.2. The smallest absolute Gasteiger partial charge is 0.246 e. The van der Waals surface area contributed by atoms with Gasteiger partial charge in [-0.15, -0.1) is 0 Å². The van der Waals surface area contributed by atoms with Gasteiger partial charge in [0.05, 0.1) is 5.02 Å². The summed E-state index contributed by atoms with van der Waals surface area (Å²) in [7, 11) is -3.78. The quantitative estimate of drug-likeness (QED) is 0.880. The Morgan fingerprint density at radius 2 is 1.94 bits per heavy atom. The van der Waals surface area contributed by atoms with Crippen LogP contribution in [0.2, 0.25) is 5.02 Å². The lowest BCUT2D eigenvalue weighted by Crippen LogP contribution is -2.46. The Kier molecular flexibility index (Phi) is 3.67. The first-order chi connectivity index (χ1) is 8.03. The number of hydrogen-bond acceptors (Lipinski definition) is 3. The van der Waals surface area contributed by atoms with Gasteiger partial charge >= 0.3 is 0 Å². The molecule has 1 N–H and O–H groups in total. The van der Waals surface area contributed by atoms with Gasteiger partial charge in [-0.1, -0.05) is 17.7 Å². The van der Waals surface area contributed by atoms with Crippen LogP contribution in [-0.4, -0.2) is 38.9 Å². The summed E-state index contributed by atoms with van der Waals surface area (Å²) >= 11 is 5.59. The lowest BCUT2D eigenvalue weighted by atomic mass is 10.3. The molecule has 17 heavy (non-hydrogen) atoms. The topological polar surface area (TPSA) is 49.4 Å². The van der Waals surface area contributed by atoms with E-state index in [1.165, 1.54) is 22.5 Å². The highest BCUT2D eigenvalue weighted by atomic mass is 35.5. The predicted molar refractivity (Wildman–Crippen MR) is 63.0 cm³/mol. The Bertz CT molecular complexity index is 515. The molecule has 0 amide bonds. The zero-order valence-electron chi connectivity index (χ0n) is 8.99. The number of hydrogen-bond donors (Lipinski definition) is 1. The molecule has 1 aliphatic rings. The van der Waals surface area contributed by atoms with Gasteiger partial charge in [-0.3, -0.25) is 0 Å². The van der Waals surface area contributed by atoms with Crippen molar-refractivity contribution in [3.05, 3.63) is 29.0 Å². The van der Waals surface area contributed by atoms with Crippen molar-refractivity contribution in [1.82, 2.24) is 9.62 Å². The molecule has 2 rings (SSSR count). The van der Waals surface area contributed by atoms with E-state index < -0.39 is 15.8 Å². The maximum atomic E-state index is 13.7. The molecule has 0 saturated carbocycles. The predicted octanol–water partition coefficient (Wildman–Crippen LogP) is 1.07. The van der Waals surface area contributed by atoms with Gasteiger partial charge in [-0.25, -0.2) is 12.8 Å². The molecular formula is C10H12ClFN2O2S. The Balaban J connectivity index is 2.40. The Hall–Kier alpha value is -0.690. The molecule has 0 unspecified atom stereocenters. The number of rotatable bonds is 2. The van der Waals surface area contributed by atoms with Gasteiger partial charge in [0.2, 0.25) is 10.0 Å². The fourth-order valence-corrected chi connectivity index (χ4v) is 3.47. The molecule has 0 aliphatic carbocycles. The third-order valence-electron chi connectivity index (χ3n) is 2.61. The third kappa shape index (κ3) is 2.44. The average molecular weight is 279 g/mol. The SMILES string of the molecule is O=S(=O)(c1cccc(Cl)c1F)N1CCNCC1. The average Bonchev–Trinajstić information content (AvgIpc) is 2.33. The molecule has 1 heterocycles. The van der Waals surface area contributed by atoms with E-state index in [1.807, 2.05) is 0 Å². The Labute approximate surface area is 104 Å². The number of benzene rings is 1. The summed E-state index contributed by atoms with van der Waals surface area (Å²) in [6.45, 7) is 1.82. The van der Waals surface area contributed by atoms with Crippen molar-refractivity contribution in [2.75, 3.05) is 26.2 Å². The van der Waals surface area contributed by atoms with Crippen molar-refractivity contribution in [3.63, 3.8) is 0 Å². The van der Waals surface area contributed by atoms with E-state index in [1.54, 1.807) is 0 Å². The van der Waals surface area contributed by atoms with Gasteiger partial charge in [0.1, 0.15) is 4.90 Å². The van der Waals surface area contributed by atoms with E-state index in [9.17, 15) is 12.8 Å². The second-order valence-electron chi connectivity index (χ2n) is 3.71. The molecule has 0 spiro atoms. The number of piperazine rings is 1. The van der Waals surface area contributed by atoms with Gasteiger partial charge in [0, 0.05) is 26.2 Å². The van der Waals surface area contributed by atoms with Crippen molar-refractivity contribution < 1.29 is 12.8 Å². The third-order valence-corrected chi connectivity index (χ3v) is 4.82. The maximum absolute atomic E-state index is 13.7. The van der Waals surface area contributed by atoms with E-state index in [2.05, 4.69) is 5.32 Å². The minimum atomic E-state index is -3.78. The van der Waals surface area contributed by atoms with Crippen LogP contribution in [0.25, 0.3) is 0 Å². The van der Waals surface area contributed by atoms with Gasteiger partial charge in [-0.2, -0.15) is 4.31 Å². The molecule has 94 valence electrons. The minimum Gasteiger partial charge on any atom is -0.314 e. The van der Waals surface area contributed by atoms with E-state index >= 15 is 0 Å². The highest BCUT2D eigenvalue weighted by molar-refractivity contribution is 7.89. The molecular weight excluding hydrogens is 267 g/mol. The summed E-state index contributed by atoms with van der Waals surface area (Å²) in [5.74, 6) is -0.882. The Morgan fingerprint density at radius 3 is 2.59 bits per heavy atom. The number of nitrogens with zero attached hydrogens (tertiary/aromatic N) is 1. The van der Waals surface area contributed by atoms with E-state index in [0.29, 0.717) is 26.2 Å². The van der Waals surface area contributed by atoms with E-state index in [0.717, 1.165) is 0 Å². The zero-order valence-corrected chi connectivity index (χ0v) is 10.6. The van der Waals surface area contributed by atoms with Gasteiger partial charge in [-0.05, 0) is 12.1 Å². The van der Waals surface area contributed by atoms with Crippen LogP contribution in [0.4, 0.5) is 4.39 Å². The monoisotopic (exact) mass is 278 g/mol. The van der Waals surface area contributed by atoms with Crippen LogP contribution in [0.1, 0.15) is 0 Å². The van der Waals surface area contributed by atoms with Gasteiger partial charge in [0.25, 0.3) is 0 Å². The van der Waals surface area contributed by atoms with Crippen LogP contribution in [0.15, 0.2) is 23.1 Å². The summed E-state index contributed by atoms with van der Waals surface area (Å²) in [6, 6.07) is 3.99. The molecule has 0 bridgehead atoms. The summed E-state index contributed by atoms with van der Waals surface area (Å²) in [5, 5.41) is 2.86. The highest BCUT2D eigenvalue weighted by Crippen LogP contribution is 2.24. The fourth-order valence-electron chi connectivity index (χ4n) is 1.71. The molecule has 1 fully saturated rings. The van der Waals surface area contributed by atoms with Crippen molar-refractivity contribution in [2.24, 2.45) is 0 Å². The number of nitrogens with one attached hydrogen (secondary N) is 1. The fraction of sp³-hybridized carbons (Fsp3) is 0.400. The van der Waals surface area contributed by atoms with E-state index in [4.69, 9.17) is 11.6 Å². The largest absolute Gasteiger partial charge is 0.314 e. The number of halogens is 2. The van der Waals surface area contributed by atoms with Crippen LogP contribution in [0, 0.1) is 5.82 Å². The van der Waals surface area contributed by atoms with Crippen LogP contribution in [0.3, 0.4) is 0 Å². The molecule has 1 aromatic carbocycles. The molecule has 7 heteroatoms. The van der Waals surface area contributed by atoms with Gasteiger partial charge in [0.15, 0.2) is 5.82 Å². The standard InChI is InChI=1S/C10H12ClFN2O2S/c11-8-2-1-3-9(10(8)12)17(15,16)14-6-4-13-5-7-14/h1-3,13H,4-7H2. The summed E-state index contributed by atoms with van der Waals surface area (Å²) in [6.07, 6.45) is 0. The molecule has 1 aromatic rings. The lowest BCUT2D eigenvalue weighted by molar-refractivity contribution is 0.358. The first kappa shape index (κ1) is 12.8. The highest BCUT2D eigenvalue weighted by Gasteiger charge is 2.29. The van der Waals surface area contributed by atoms with E-state index in [-0.39, 0.29) is 9.92 Å². The first-order valence-corrected chi connectivity index (χ1v) is 7.00. The van der Waals surface area contributed by atoms with Crippen molar-refractivity contribution in [3.8, 4) is 0 Å². The first-order valence-electron chi connectivity index (χ1n) is 5.18. The molecule has 1 aliphatic heterocycles. The maximum Gasteiger partial charge on any atom is 0.246 e. The molecule has 0 radical (unpaired) electrons. The van der Waals surface area contributed by atoms with Crippen molar-refractivity contribution in [1.29, 1.82) is 0 Å². The molecule has 4 nitrogen and oxygen atoms in total. The summed E-state index contributed by atoms with van der Waals surface area (Å²) < 4.78 is 39.3. The summed E-state index contributed by atoms with van der Waals surface area (Å²) in [5.41, 5.74) is 0. The molecule has 0 atom stereocenters. The van der Waals surface area contributed by atoms with Crippen LogP contribution in [0.5, 0.6) is 0 Å². The second kappa shape index (κ2) is 4.89. The minimum absolute atomic E-state index is 0.179. The van der Waals surface area contributed by atoms with Crippen molar-refractivity contribution in [2.45, 2.75) is 4.90 Å². The van der Waals surface area contributed by atoms with Crippen LogP contribution < -0.4 is 5.32 Å². The van der Waals surface area contributed by atoms with Crippen LogP contribution in [-0.2, 0) is 10.0 Å². The van der Waals surface area contributed by atoms with Crippen LogP contribution >= 0.6 is 11.6 Å². The number of sulfonamides is 1. The Morgan fingerprint density at radius 1 is 1.29 bits per heavy atom.